The number of carbonyl (C=O) groups excluding carboxylic acids is 1. The minimum atomic E-state index is -0.601. The zero-order valence-electron chi connectivity index (χ0n) is 20.8. The van der Waals surface area contributed by atoms with Gasteiger partial charge < -0.3 is 15.2 Å². The smallest absolute Gasteiger partial charge is 0.419 e. The van der Waals surface area contributed by atoms with E-state index in [0.29, 0.717) is 6.42 Å². The van der Waals surface area contributed by atoms with Crippen molar-refractivity contribution in [2.45, 2.75) is 51.7 Å². The third-order valence-electron chi connectivity index (χ3n) is 5.90. The number of aromatic nitrogens is 2. The standard InChI is InChI=1S/C29H33N3O3/c1-29(2,3)35-28(33)32-25(10-9-24(30)17-20-5-12-26(34-4)13-6-20)11-14-27(32)22-7-8-23-19-31-16-15-21(23)18-22/h5-8,11-16,18-19,24H,9-10,17,30H2,1-4H3/t24-/m1/s1. The van der Waals surface area contributed by atoms with E-state index in [1.165, 1.54) is 0 Å². The van der Waals surface area contributed by atoms with Crippen LogP contribution in [0.25, 0.3) is 22.0 Å². The van der Waals surface area contributed by atoms with Gasteiger partial charge in [-0.2, -0.15) is 0 Å². The maximum atomic E-state index is 13.3. The van der Waals surface area contributed by atoms with Crippen molar-refractivity contribution >= 4 is 16.9 Å². The molecule has 2 aromatic carbocycles. The van der Waals surface area contributed by atoms with Crippen LogP contribution < -0.4 is 10.5 Å². The van der Waals surface area contributed by atoms with E-state index in [4.69, 9.17) is 15.2 Å². The zero-order chi connectivity index (χ0) is 25.0. The van der Waals surface area contributed by atoms with E-state index in [-0.39, 0.29) is 12.1 Å². The van der Waals surface area contributed by atoms with E-state index in [1.54, 1.807) is 17.9 Å². The fourth-order valence-corrected chi connectivity index (χ4v) is 4.16. The fraction of sp³-hybridized carbons (Fsp3) is 0.310. The molecule has 0 bridgehead atoms. The van der Waals surface area contributed by atoms with Crippen molar-refractivity contribution in [2.75, 3.05) is 7.11 Å². The Labute approximate surface area is 206 Å². The maximum absolute atomic E-state index is 13.3. The number of fused-ring (bicyclic) bond motifs is 1. The molecule has 4 rings (SSSR count). The summed E-state index contributed by atoms with van der Waals surface area (Å²) in [5.41, 5.74) is 9.66. The summed E-state index contributed by atoms with van der Waals surface area (Å²) >= 11 is 0. The molecule has 2 aromatic heterocycles. The van der Waals surface area contributed by atoms with Gasteiger partial charge >= 0.3 is 6.09 Å². The van der Waals surface area contributed by atoms with Gasteiger partial charge in [-0.1, -0.05) is 24.3 Å². The molecule has 4 aromatic rings. The number of benzene rings is 2. The summed E-state index contributed by atoms with van der Waals surface area (Å²) in [6.07, 6.45) is 5.38. The first-order chi connectivity index (χ1) is 16.7. The average molecular weight is 472 g/mol. The molecule has 0 spiro atoms. The van der Waals surface area contributed by atoms with Crippen molar-refractivity contribution in [1.82, 2.24) is 9.55 Å². The Bertz CT molecular complexity index is 1300. The van der Waals surface area contributed by atoms with Crippen molar-refractivity contribution in [3.8, 4) is 17.0 Å². The van der Waals surface area contributed by atoms with Crippen LogP contribution in [0.5, 0.6) is 5.75 Å². The first-order valence-corrected chi connectivity index (χ1v) is 11.9. The number of hydrogen-bond donors (Lipinski definition) is 1. The van der Waals surface area contributed by atoms with Crippen LogP contribution in [0.1, 0.15) is 38.4 Å². The second-order valence-electron chi connectivity index (χ2n) is 9.81. The lowest BCUT2D eigenvalue weighted by atomic mass is 10.0. The summed E-state index contributed by atoms with van der Waals surface area (Å²) in [5.74, 6) is 0.829. The minimum absolute atomic E-state index is 0.0398. The summed E-state index contributed by atoms with van der Waals surface area (Å²) in [6, 6.07) is 20.0. The highest BCUT2D eigenvalue weighted by molar-refractivity contribution is 5.88. The Morgan fingerprint density at radius 1 is 1.03 bits per heavy atom. The molecule has 0 saturated carbocycles. The van der Waals surface area contributed by atoms with Crippen molar-refractivity contribution in [3.63, 3.8) is 0 Å². The molecule has 0 aliphatic heterocycles. The van der Waals surface area contributed by atoms with Crippen LogP contribution in [-0.4, -0.2) is 34.4 Å². The molecular formula is C29H33N3O3. The number of nitrogens with two attached hydrogens (primary N) is 1. The highest BCUT2D eigenvalue weighted by Gasteiger charge is 2.23. The van der Waals surface area contributed by atoms with Crippen LogP contribution in [0.3, 0.4) is 0 Å². The first kappa shape index (κ1) is 24.5. The number of carbonyl (C=O) groups is 1. The van der Waals surface area contributed by atoms with Gasteiger partial charge in [0, 0.05) is 29.5 Å². The van der Waals surface area contributed by atoms with Crippen LogP contribution in [-0.2, 0) is 17.6 Å². The van der Waals surface area contributed by atoms with E-state index < -0.39 is 5.60 Å². The van der Waals surface area contributed by atoms with E-state index in [0.717, 1.165) is 51.9 Å². The van der Waals surface area contributed by atoms with E-state index >= 15 is 0 Å². The molecule has 2 N–H and O–H groups in total. The molecule has 0 unspecified atom stereocenters. The Morgan fingerprint density at radius 3 is 2.51 bits per heavy atom. The van der Waals surface area contributed by atoms with Gasteiger partial charge in [-0.05, 0) is 92.9 Å². The lowest BCUT2D eigenvalue weighted by Gasteiger charge is -2.22. The van der Waals surface area contributed by atoms with Crippen LogP contribution in [0, 0.1) is 0 Å². The van der Waals surface area contributed by atoms with Crippen molar-refractivity contribution < 1.29 is 14.3 Å². The zero-order valence-corrected chi connectivity index (χ0v) is 20.8. The van der Waals surface area contributed by atoms with Gasteiger partial charge in [-0.25, -0.2) is 9.36 Å². The van der Waals surface area contributed by atoms with Crippen LogP contribution in [0.15, 0.2) is 73.1 Å². The number of hydrogen-bond acceptors (Lipinski definition) is 5. The number of nitrogens with zero attached hydrogens (tertiary/aromatic N) is 2. The summed E-state index contributed by atoms with van der Waals surface area (Å²) in [7, 11) is 1.66. The molecule has 2 heterocycles. The maximum Gasteiger partial charge on any atom is 0.419 e. The molecule has 0 amide bonds. The second-order valence-corrected chi connectivity index (χ2v) is 9.81. The van der Waals surface area contributed by atoms with Gasteiger partial charge in [-0.15, -0.1) is 0 Å². The van der Waals surface area contributed by atoms with E-state index in [9.17, 15) is 4.79 Å². The number of aryl methyl sites for hydroxylation is 1. The van der Waals surface area contributed by atoms with Gasteiger partial charge in [0.05, 0.1) is 12.8 Å². The molecule has 0 aliphatic rings. The molecule has 0 aliphatic carbocycles. The average Bonchev–Trinajstić information content (AvgIpc) is 3.26. The second kappa shape index (κ2) is 10.3. The van der Waals surface area contributed by atoms with Crippen molar-refractivity contribution in [1.29, 1.82) is 0 Å². The van der Waals surface area contributed by atoms with Gasteiger partial charge in [0.2, 0.25) is 0 Å². The lowest BCUT2D eigenvalue weighted by molar-refractivity contribution is 0.0535. The predicted octanol–water partition coefficient (Wildman–Crippen LogP) is 6.00. The van der Waals surface area contributed by atoms with Crippen molar-refractivity contribution in [3.05, 3.63) is 84.3 Å². The summed E-state index contributed by atoms with van der Waals surface area (Å²) in [5, 5.41) is 2.12. The Hall–Kier alpha value is -3.64. The van der Waals surface area contributed by atoms with Gasteiger partial charge in [0.25, 0.3) is 0 Å². The topological polar surface area (TPSA) is 79.4 Å². The van der Waals surface area contributed by atoms with Crippen molar-refractivity contribution in [2.24, 2.45) is 5.73 Å². The molecule has 0 radical (unpaired) electrons. The van der Waals surface area contributed by atoms with Crippen LogP contribution in [0.2, 0.25) is 0 Å². The Balaban J connectivity index is 1.58. The minimum Gasteiger partial charge on any atom is -0.497 e. The highest BCUT2D eigenvalue weighted by Crippen LogP contribution is 2.28. The number of ether oxygens (including phenoxy) is 2. The number of pyridine rings is 1. The molecule has 0 saturated heterocycles. The van der Waals surface area contributed by atoms with Crippen LogP contribution >= 0.6 is 0 Å². The molecular weight excluding hydrogens is 438 g/mol. The Kier molecular flexibility index (Phi) is 7.22. The molecule has 1 atom stereocenters. The van der Waals surface area contributed by atoms with Crippen LogP contribution in [0.4, 0.5) is 4.79 Å². The third kappa shape index (κ3) is 6.08. The van der Waals surface area contributed by atoms with E-state index in [2.05, 4.69) is 11.1 Å². The Morgan fingerprint density at radius 2 is 1.80 bits per heavy atom. The summed E-state index contributed by atoms with van der Waals surface area (Å²) in [4.78, 5) is 17.5. The molecule has 0 fully saturated rings. The summed E-state index contributed by atoms with van der Waals surface area (Å²) in [6.45, 7) is 5.63. The third-order valence-corrected chi connectivity index (χ3v) is 5.90. The van der Waals surface area contributed by atoms with Gasteiger partial charge in [0.1, 0.15) is 11.4 Å². The fourth-order valence-electron chi connectivity index (χ4n) is 4.16. The monoisotopic (exact) mass is 471 g/mol. The lowest BCUT2D eigenvalue weighted by Crippen LogP contribution is -2.29. The SMILES string of the molecule is COc1ccc(C[C@H](N)CCc2ccc(-c3ccc4cnccc4c3)n2C(=O)OC(C)(C)C)cc1. The molecule has 6 heteroatoms. The normalized spacial score (nSPS) is 12.5. The van der Waals surface area contributed by atoms with Gasteiger partial charge in [0.15, 0.2) is 0 Å². The largest absolute Gasteiger partial charge is 0.497 e. The number of rotatable bonds is 7. The summed E-state index contributed by atoms with van der Waals surface area (Å²) < 4.78 is 12.7. The quantitative estimate of drug-likeness (QED) is 0.358. The highest BCUT2D eigenvalue weighted by atomic mass is 16.6. The predicted molar refractivity (Wildman–Crippen MR) is 140 cm³/mol. The molecule has 35 heavy (non-hydrogen) atoms. The van der Waals surface area contributed by atoms with E-state index in [1.807, 2.05) is 81.6 Å². The first-order valence-electron chi connectivity index (χ1n) is 11.9. The molecule has 6 nitrogen and oxygen atoms in total. The number of methoxy groups -OCH3 is 1. The molecule has 182 valence electrons. The van der Waals surface area contributed by atoms with Gasteiger partial charge in [-0.3, -0.25) is 4.98 Å².